The standard InChI is InChI=1S/C16H28N4O/c1-3-7-14(9-11-21)12-19-16(17-4-2)20-13-15-8-5-6-10-18-15/h5-6,8,10,14,21H,3-4,7,9,11-13H2,1-2H3,(H2,17,19,20). The van der Waals surface area contributed by atoms with E-state index in [-0.39, 0.29) is 6.61 Å². The molecule has 0 bridgehead atoms. The molecule has 0 aliphatic carbocycles. The average molecular weight is 292 g/mol. The Labute approximate surface area is 127 Å². The summed E-state index contributed by atoms with van der Waals surface area (Å²) in [6.45, 7) is 6.69. The first kappa shape index (κ1) is 17.4. The number of aliphatic hydroxyl groups excluding tert-OH is 1. The van der Waals surface area contributed by atoms with E-state index in [9.17, 15) is 0 Å². The van der Waals surface area contributed by atoms with Gasteiger partial charge in [-0.3, -0.25) is 4.98 Å². The predicted molar refractivity (Wildman–Crippen MR) is 87.2 cm³/mol. The highest BCUT2D eigenvalue weighted by Crippen LogP contribution is 2.09. The SMILES string of the molecule is CCCC(CCO)CNC(=NCc1ccccn1)NCC. The molecule has 0 aromatic carbocycles. The van der Waals surface area contributed by atoms with Gasteiger partial charge in [0.05, 0.1) is 12.2 Å². The molecule has 1 aromatic heterocycles. The minimum atomic E-state index is 0.244. The first-order valence-corrected chi connectivity index (χ1v) is 7.83. The number of nitrogens with one attached hydrogen (secondary N) is 2. The van der Waals surface area contributed by atoms with E-state index in [1.54, 1.807) is 6.20 Å². The van der Waals surface area contributed by atoms with E-state index in [0.717, 1.165) is 44.0 Å². The summed E-state index contributed by atoms with van der Waals surface area (Å²) in [6.07, 6.45) is 4.87. The lowest BCUT2D eigenvalue weighted by Crippen LogP contribution is -2.40. The Hall–Kier alpha value is -1.62. The summed E-state index contributed by atoms with van der Waals surface area (Å²) >= 11 is 0. The number of aliphatic imine (C=N–C) groups is 1. The van der Waals surface area contributed by atoms with Crippen LogP contribution in [0.4, 0.5) is 0 Å². The molecule has 118 valence electrons. The van der Waals surface area contributed by atoms with Crippen molar-refractivity contribution < 1.29 is 5.11 Å². The molecule has 0 saturated heterocycles. The Bertz CT molecular complexity index is 389. The Morgan fingerprint density at radius 3 is 2.76 bits per heavy atom. The molecule has 1 heterocycles. The summed E-state index contributed by atoms with van der Waals surface area (Å²) in [5, 5.41) is 15.7. The van der Waals surface area contributed by atoms with Crippen LogP contribution in [-0.4, -0.2) is 35.7 Å². The van der Waals surface area contributed by atoms with Crippen LogP contribution in [0.1, 0.15) is 38.8 Å². The number of pyridine rings is 1. The molecule has 1 aromatic rings. The summed E-state index contributed by atoms with van der Waals surface area (Å²) in [5.41, 5.74) is 0.954. The normalized spacial score (nSPS) is 13.0. The second-order valence-corrected chi connectivity index (χ2v) is 5.06. The molecule has 0 spiro atoms. The molecule has 21 heavy (non-hydrogen) atoms. The van der Waals surface area contributed by atoms with Crippen LogP contribution < -0.4 is 10.6 Å². The summed E-state index contributed by atoms with van der Waals surface area (Å²) in [4.78, 5) is 8.81. The topological polar surface area (TPSA) is 69.5 Å². The molecule has 0 aliphatic rings. The molecule has 1 rings (SSSR count). The minimum absolute atomic E-state index is 0.244. The Balaban J connectivity index is 2.51. The molecule has 0 radical (unpaired) electrons. The Morgan fingerprint density at radius 2 is 2.14 bits per heavy atom. The van der Waals surface area contributed by atoms with E-state index in [1.807, 2.05) is 18.2 Å². The van der Waals surface area contributed by atoms with Crippen molar-refractivity contribution in [3.8, 4) is 0 Å². The molecular formula is C16H28N4O. The number of aromatic nitrogens is 1. The van der Waals surface area contributed by atoms with E-state index in [1.165, 1.54) is 0 Å². The fourth-order valence-corrected chi connectivity index (χ4v) is 2.17. The molecule has 0 fully saturated rings. The minimum Gasteiger partial charge on any atom is -0.396 e. The van der Waals surface area contributed by atoms with Crippen molar-refractivity contribution in [3.63, 3.8) is 0 Å². The second-order valence-electron chi connectivity index (χ2n) is 5.06. The van der Waals surface area contributed by atoms with Gasteiger partial charge in [-0.2, -0.15) is 0 Å². The van der Waals surface area contributed by atoms with Crippen molar-refractivity contribution in [3.05, 3.63) is 30.1 Å². The van der Waals surface area contributed by atoms with Gasteiger partial charge in [0.15, 0.2) is 5.96 Å². The highest BCUT2D eigenvalue weighted by Gasteiger charge is 2.08. The van der Waals surface area contributed by atoms with Gasteiger partial charge in [-0.05, 0) is 37.8 Å². The van der Waals surface area contributed by atoms with Gasteiger partial charge in [0, 0.05) is 25.9 Å². The van der Waals surface area contributed by atoms with Crippen molar-refractivity contribution in [1.29, 1.82) is 0 Å². The third-order valence-electron chi connectivity index (χ3n) is 3.26. The molecule has 1 atom stereocenters. The maximum absolute atomic E-state index is 9.10. The highest BCUT2D eigenvalue weighted by atomic mass is 16.3. The zero-order valence-corrected chi connectivity index (χ0v) is 13.2. The zero-order valence-electron chi connectivity index (χ0n) is 13.2. The number of rotatable bonds is 9. The maximum atomic E-state index is 9.10. The number of guanidine groups is 1. The molecule has 3 N–H and O–H groups in total. The van der Waals surface area contributed by atoms with Gasteiger partial charge in [0.25, 0.3) is 0 Å². The Morgan fingerprint density at radius 1 is 1.29 bits per heavy atom. The number of hydrogen-bond donors (Lipinski definition) is 3. The van der Waals surface area contributed by atoms with E-state index >= 15 is 0 Å². The molecule has 0 amide bonds. The third-order valence-corrected chi connectivity index (χ3v) is 3.26. The fourth-order valence-electron chi connectivity index (χ4n) is 2.17. The van der Waals surface area contributed by atoms with Crippen LogP contribution in [0.3, 0.4) is 0 Å². The second kappa shape index (κ2) is 11.1. The van der Waals surface area contributed by atoms with Crippen LogP contribution in [-0.2, 0) is 6.54 Å². The molecule has 0 aliphatic heterocycles. The van der Waals surface area contributed by atoms with E-state index in [0.29, 0.717) is 12.5 Å². The summed E-state index contributed by atoms with van der Waals surface area (Å²) < 4.78 is 0. The van der Waals surface area contributed by atoms with E-state index in [4.69, 9.17) is 5.11 Å². The first-order chi connectivity index (χ1) is 10.3. The van der Waals surface area contributed by atoms with Gasteiger partial charge >= 0.3 is 0 Å². The lowest BCUT2D eigenvalue weighted by molar-refractivity contribution is 0.251. The summed E-state index contributed by atoms with van der Waals surface area (Å²) in [7, 11) is 0. The smallest absolute Gasteiger partial charge is 0.191 e. The molecule has 5 heteroatoms. The van der Waals surface area contributed by atoms with Crippen molar-refractivity contribution in [1.82, 2.24) is 15.6 Å². The first-order valence-electron chi connectivity index (χ1n) is 7.83. The van der Waals surface area contributed by atoms with Gasteiger partial charge in [0.1, 0.15) is 0 Å². The van der Waals surface area contributed by atoms with Crippen molar-refractivity contribution >= 4 is 5.96 Å². The lowest BCUT2D eigenvalue weighted by Gasteiger charge is -2.18. The summed E-state index contributed by atoms with van der Waals surface area (Å²) in [5.74, 6) is 1.29. The van der Waals surface area contributed by atoms with Crippen LogP contribution in [0.15, 0.2) is 29.4 Å². The van der Waals surface area contributed by atoms with Gasteiger partial charge in [0.2, 0.25) is 0 Å². The largest absolute Gasteiger partial charge is 0.396 e. The van der Waals surface area contributed by atoms with Crippen LogP contribution in [0.25, 0.3) is 0 Å². The van der Waals surface area contributed by atoms with Gasteiger partial charge in [-0.25, -0.2) is 4.99 Å². The van der Waals surface area contributed by atoms with Gasteiger partial charge in [-0.1, -0.05) is 19.4 Å². The van der Waals surface area contributed by atoms with Crippen molar-refractivity contribution in [2.75, 3.05) is 19.7 Å². The Kier molecular flexibility index (Phi) is 9.20. The molecule has 1 unspecified atom stereocenters. The van der Waals surface area contributed by atoms with Crippen LogP contribution in [0.2, 0.25) is 0 Å². The van der Waals surface area contributed by atoms with E-state index in [2.05, 4.69) is 34.5 Å². The van der Waals surface area contributed by atoms with Crippen molar-refractivity contribution in [2.45, 2.75) is 39.7 Å². The fraction of sp³-hybridized carbons (Fsp3) is 0.625. The van der Waals surface area contributed by atoms with Gasteiger partial charge in [-0.15, -0.1) is 0 Å². The van der Waals surface area contributed by atoms with Gasteiger partial charge < -0.3 is 15.7 Å². The molecule has 0 saturated carbocycles. The summed E-state index contributed by atoms with van der Waals surface area (Å²) in [6, 6.07) is 5.84. The number of hydrogen-bond acceptors (Lipinski definition) is 3. The molecular weight excluding hydrogens is 264 g/mol. The van der Waals surface area contributed by atoms with Crippen LogP contribution in [0.5, 0.6) is 0 Å². The monoisotopic (exact) mass is 292 g/mol. The number of aliphatic hydroxyl groups is 1. The van der Waals surface area contributed by atoms with E-state index < -0.39 is 0 Å². The predicted octanol–water partition coefficient (Wildman–Crippen LogP) is 1.94. The molecule has 5 nitrogen and oxygen atoms in total. The zero-order chi connectivity index (χ0) is 15.3. The lowest BCUT2D eigenvalue weighted by atomic mass is 10.0. The number of nitrogens with zero attached hydrogens (tertiary/aromatic N) is 2. The third kappa shape index (κ3) is 7.66. The van der Waals surface area contributed by atoms with Crippen LogP contribution >= 0.6 is 0 Å². The maximum Gasteiger partial charge on any atom is 0.191 e. The van der Waals surface area contributed by atoms with Crippen molar-refractivity contribution in [2.24, 2.45) is 10.9 Å². The average Bonchev–Trinajstić information content (AvgIpc) is 2.51. The van der Waals surface area contributed by atoms with Crippen LogP contribution in [0, 0.1) is 5.92 Å². The highest BCUT2D eigenvalue weighted by molar-refractivity contribution is 5.79. The quantitative estimate of drug-likeness (QED) is 0.480.